The number of anilines is 3. The van der Waals surface area contributed by atoms with Crippen LogP contribution in [0.4, 0.5) is 22.2 Å². The first-order valence-electron chi connectivity index (χ1n) is 15.9. The van der Waals surface area contributed by atoms with Gasteiger partial charge in [0, 0.05) is 24.5 Å². The molecule has 1 unspecified atom stereocenters. The Morgan fingerprint density at radius 3 is 2.31 bits per heavy atom. The van der Waals surface area contributed by atoms with Crippen molar-refractivity contribution in [2.45, 2.75) is 66.3 Å². The molecule has 8 heteroatoms. The van der Waals surface area contributed by atoms with Crippen LogP contribution in [-0.2, 0) is 0 Å². The molecule has 1 atom stereocenters. The van der Waals surface area contributed by atoms with Gasteiger partial charge in [-0.15, -0.1) is 0 Å². The van der Waals surface area contributed by atoms with Crippen molar-refractivity contribution in [2.24, 2.45) is 0 Å². The Balaban J connectivity index is 1.40. The number of hydrogen-bond acceptors (Lipinski definition) is 6. The fourth-order valence-corrected chi connectivity index (χ4v) is 6.57. The van der Waals surface area contributed by atoms with Crippen molar-refractivity contribution < 1.29 is 14.6 Å². The topological polar surface area (TPSA) is 90.8 Å². The van der Waals surface area contributed by atoms with Crippen LogP contribution in [-0.4, -0.2) is 52.3 Å². The number of carboxylic acid groups (broad SMARTS) is 1. The van der Waals surface area contributed by atoms with E-state index in [0.29, 0.717) is 12.6 Å². The lowest BCUT2D eigenvalue weighted by molar-refractivity contribution is 0.200. The van der Waals surface area contributed by atoms with Crippen molar-refractivity contribution >= 4 is 23.5 Å². The highest BCUT2D eigenvalue weighted by Gasteiger charge is 2.32. The number of benzene rings is 3. The largest absolute Gasteiger partial charge is 0.493 e. The van der Waals surface area contributed by atoms with Crippen molar-refractivity contribution in [1.82, 2.24) is 14.9 Å². The van der Waals surface area contributed by atoms with E-state index in [1.54, 1.807) is 12.3 Å². The molecule has 1 aliphatic heterocycles. The van der Waals surface area contributed by atoms with Crippen LogP contribution < -0.4 is 15.0 Å². The lowest BCUT2D eigenvalue weighted by atomic mass is 9.87. The van der Waals surface area contributed by atoms with Crippen molar-refractivity contribution in [2.75, 3.05) is 36.5 Å². The van der Waals surface area contributed by atoms with Crippen LogP contribution in [0.2, 0.25) is 0 Å². The molecule has 2 N–H and O–H groups in total. The van der Waals surface area contributed by atoms with Gasteiger partial charge in [0.1, 0.15) is 11.6 Å². The van der Waals surface area contributed by atoms with Gasteiger partial charge < -0.3 is 20.1 Å². The molecule has 5 rings (SSSR count). The normalized spacial score (nSPS) is 14.2. The molecule has 0 radical (unpaired) electrons. The number of carbonyl (C=O) groups is 1. The molecule has 0 spiro atoms. The molecule has 4 aromatic rings. The van der Waals surface area contributed by atoms with E-state index >= 15 is 0 Å². The minimum absolute atomic E-state index is 0.286. The average molecular weight is 608 g/mol. The number of piperidine rings is 1. The maximum atomic E-state index is 13.1. The van der Waals surface area contributed by atoms with Crippen LogP contribution in [0.25, 0.3) is 0 Å². The molecule has 1 saturated heterocycles. The molecule has 1 aromatic heterocycles. The van der Waals surface area contributed by atoms with Crippen molar-refractivity contribution in [3.63, 3.8) is 0 Å². The van der Waals surface area contributed by atoms with E-state index in [-0.39, 0.29) is 5.82 Å². The predicted molar refractivity (Wildman–Crippen MR) is 181 cm³/mol. The summed E-state index contributed by atoms with van der Waals surface area (Å²) in [5, 5.41) is 14.0. The first kappa shape index (κ1) is 32.0. The number of hydrogen-bond donors (Lipinski definition) is 2. The van der Waals surface area contributed by atoms with Crippen LogP contribution >= 0.6 is 0 Å². The zero-order valence-electron chi connectivity index (χ0n) is 27.1. The third kappa shape index (κ3) is 8.19. The number of ether oxygens (including phenoxy) is 1. The Labute approximate surface area is 267 Å². The molecular formula is C37H45N5O3. The SMILES string of the molecule is Cc1cc(C)cc(C(c2c(C)cc(C)cc2C)N(C(=O)O)c2ccnc(Nc3cccc(OCCCN4CCCCC4)c3)n2)c1. The van der Waals surface area contributed by atoms with Gasteiger partial charge in [-0.05, 0) is 107 Å². The Morgan fingerprint density at radius 1 is 0.933 bits per heavy atom. The second-order valence-corrected chi connectivity index (χ2v) is 12.3. The number of aryl methyl sites for hydroxylation is 5. The molecule has 2 heterocycles. The summed E-state index contributed by atoms with van der Waals surface area (Å²) in [5.74, 6) is 1.35. The Morgan fingerprint density at radius 2 is 1.62 bits per heavy atom. The summed E-state index contributed by atoms with van der Waals surface area (Å²) < 4.78 is 6.05. The molecule has 0 aliphatic carbocycles. The van der Waals surface area contributed by atoms with Crippen LogP contribution in [0.5, 0.6) is 5.75 Å². The summed E-state index contributed by atoms with van der Waals surface area (Å²) in [6, 6.07) is 19.2. The number of amides is 1. The predicted octanol–water partition coefficient (Wildman–Crippen LogP) is 8.29. The van der Waals surface area contributed by atoms with E-state index in [1.807, 2.05) is 52.0 Å². The molecule has 45 heavy (non-hydrogen) atoms. The van der Waals surface area contributed by atoms with E-state index in [4.69, 9.17) is 9.72 Å². The molecule has 1 aliphatic rings. The summed E-state index contributed by atoms with van der Waals surface area (Å²) in [5.41, 5.74) is 7.94. The molecule has 0 bridgehead atoms. The van der Waals surface area contributed by atoms with Gasteiger partial charge in [0.05, 0.1) is 12.6 Å². The Kier molecular flexibility index (Phi) is 10.4. The zero-order valence-corrected chi connectivity index (χ0v) is 27.1. The van der Waals surface area contributed by atoms with E-state index in [1.165, 1.54) is 37.3 Å². The molecule has 0 saturated carbocycles. The summed E-state index contributed by atoms with van der Waals surface area (Å²) in [4.78, 5) is 26.1. The molecular weight excluding hydrogens is 562 g/mol. The van der Waals surface area contributed by atoms with Crippen LogP contribution in [0.15, 0.2) is 66.9 Å². The van der Waals surface area contributed by atoms with E-state index in [9.17, 15) is 9.90 Å². The standard InChI is InChI=1S/C37H45N5O3/c1-25-19-26(2)23-30(22-25)35(34-28(4)20-27(3)21-29(34)5)42(37(43)44)33-13-14-38-36(40-33)39-31-11-9-12-32(24-31)45-18-10-17-41-15-7-6-8-16-41/h9,11-14,19-24,35H,6-8,10,15-18H2,1-5H3,(H,43,44)(H,38,39,40). The summed E-state index contributed by atoms with van der Waals surface area (Å²) in [6.45, 7) is 14.3. The fraction of sp³-hybridized carbons (Fsp3) is 0.378. The quantitative estimate of drug-likeness (QED) is 0.166. The summed E-state index contributed by atoms with van der Waals surface area (Å²) >= 11 is 0. The maximum absolute atomic E-state index is 13.1. The van der Waals surface area contributed by atoms with E-state index in [2.05, 4.69) is 52.5 Å². The number of nitrogens with one attached hydrogen (secondary N) is 1. The lowest BCUT2D eigenvalue weighted by Gasteiger charge is -2.32. The minimum Gasteiger partial charge on any atom is -0.493 e. The van der Waals surface area contributed by atoms with Gasteiger partial charge in [0.15, 0.2) is 0 Å². The summed E-state index contributed by atoms with van der Waals surface area (Å²) in [7, 11) is 0. The molecule has 1 amide bonds. The number of aromatic nitrogens is 2. The first-order valence-corrected chi connectivity index (χ1v) is 15.9. The Bertz CT molecular complexity index is 1590. The van der Waals surface area contributed by atoms with Gasteiger partial charge in [-0.25, -0.2) is 14.7 Å². The van der Waals surface area contributed by atoms with Crippen LogP contribution in [0.3, 0.4) is 0 Å². The third-order valence-corrected chi connectivity index (χ3v) is 8.35. The molecule has 8 nitrogen and oxygen atoms in total. The van der Waals surface area contributed by atoms with Crippen molar-refractivity contribution in [1.29, 1.82) is 0 Å². The third-order valence-electron chi connectivity index (χ3n) is 8.35. The zero-order chi connectivity index (χ0) is 31.9. The Hall–Kier alpha value is -4.43. The second-order valence-electron chi connectivity index (χ2n) is 12.3. The number of likely N-dealkylation sites (tertiary alicyclic amines) is 1. The maximum Gasteiger partial charge on any atom is 0.413 e. The molecule has 1 fully saturated rings. The fourth-order valence-electron chi connectivity index (χ4n) is 6.57. The van der Waals surface area contributed by atoms with Crippen molar-refractivity contribution in [3.05, 3.63) is 106 Å². The van der Waals surface area contributed by atoms with Crippen molar-refractivity contribution in [3.8, 4) is 5.75 Å². The van der Waals surface area contributed by atoms with Gasteiger partial charge in [-0.2, -0.15) is 4.98 Å². The highest BCUT2D eigenvalue weighted by Crippen LogP contribution is 2.37. The molecule has 3 aromatic carbocycles. The van der Waals surface area contributed by atoms with Gasteiger partial charge >= 0.3 is 6.09 Å². The average Bonchev–Trinajstić information content (AvgIpc) is 2.99. The van der Waals surface area contributed by atoms with Gasteiger partial charge in [0.25, 0.3) is 0 Å². The monoisotopic (exact) mass is 607 g/mol. The van der Waals surface area contributed by atoms with E-state index in [0.717, 1.165) is 63.3 Å². The molecule has 236 valence electrons. The highest BCUT2D eigenvalue weighted by molar-refractivity contribution is 5.87. The minimum atomic E-state index is -1.09. The highest BCUT2D eigenvalue weighted by atomic mass is 16.5. The summed E-state index contributed by atoms with van der Waals surface area (Å²) in [6.07, 6.45) is 5.40. The van der Waals surface area contributed by atoms with Crippen LogP contribution in [0, 0.1) is 34.6 Å². The number of nitrogens with zero attached hydrogens (tertiary/aromatic N) is 4. The first-order chi connectivity index (χ1) is 21.7. The van der Waals surface area contributed by atoms with E-state index < -0.39 is 12.1 Å². The number of rotatable bonds is 11. The van der Waals surface area contributed by atoms with Gasteiger partial charge in [0.2, 0.25) is 5.95 Å². The van der Waals surface area contributed by atoms with Gasteiger partial charge in [-0.1, -0.05) is 59.5 Å². The smallest absolute Gasteiger partial charge is 0.413 e. The van der Waals surface area contributed by atoms with Crippen LogP contribution in [0.1, 0.15) is 70.7 Å². The second kappa shape index (κ2) is 14.6. The lowest BCUT2D eigenvalue weighted by Crippen LogP contribution is -2.36. The van der Waals surface area contributed by atoms with Gasteiger partial charge in [-0.3, -0.25) is 0 Å².